The minimum Gasteiger partial charge on any atom is -0.340 e. The molecule has 0 aliphatic rings. The fourth-order valence-electron chi connectivity index (χ4n) is 2.06. The van der Waals surface area contributed by atoms with Crippen LogP contribution in [0.5, 0.6) is 0 Å². The quantitative estimate of drug-likeness (QED) is 0.884. The molecular formula is C17H21N3O2S. The largest absolute Gasteiger partial charge is 0.340 e. The van der Waals surface area contributed by atoms with Crippen molar-refractivity contribution in [2.45, 2.75) is 33.7 Å². The molecule has 0 spiro atoms. The molecule has 0 aliphatic carbocycles. The molecule has 2 N–H and O–H groups in total. The van der Waals surface area contributed by atoms with Crippen molar-refractivity contribution >= 4 is 28.3 Å². The molecular weight excluding hydrogens is 310 g/mol. The van der Waals surface area contributed by atoms with Crippen LogP contribution in [0.3, 0.4) is 0 Å². The van der Waals surface area contributed by atoms with Gasteiger partial charge in [-0.1, -0.05) is 31.5 Å². The average Bonchev–Trinajstić information content (AvgIpc) is 2.89. The molecule has 0 aliphatic heterocycles. The van der Waals surface area contributed by atoms with Gasteiger partial charge in [-0.05, 0) is 31.9 Å². The van der Waals surface area contributed by atoms with Gasteiger partial charge in [-0.3, -0.25) is 9.59 Å². The molecule has 122 valence electrons. The number of amides is 2. The van der Waals surface area contributed by atoms with Gasteiger partial charge in [0.1, 0.15) is 6.04 Å². The monoisotopic (exact) mass is 331 g/mol. The van der Waals surface area contributed by atoms with Crippen molar-refractivity contribution in [3.63, 3.8) is 0 Å². The molecule has 2 rings (SSSR count). The van der Waals surface area contributed by atoms with Gasteiger partial charge in [-0.25, -0.2) is 4.98 Å². The van der Waals surface area contributed by atoms with Crippen LogP contribution in [-0.4, -0.2) is 22.8 Å². The van der Waals surface area contributed by atoms with E-state index in [1.165, 1.54) is 11.3 Å². The summed E-state index contributed by atoms with van der Waals surface area (Å²) in [5, 5.41) is 7.98. The van der Waals surface area contributed by atoms with Gasteiger partial charge in [0.15, 0.2) is 5.13 Å². The number of aromatic nitrogens is 1. The molecule has 5 nitrogen and oxygen atoms in total. The zero-order valence-electron chi connectivity index (χ0n) is 13.7. The third-order valence-electron chi connectivity index (χ3n) is 3.40. The van der Waals surface area contributed by atoms with E-state index in [9.17, 15) is 9.59 Å². The number of aryl methyl sites for hydroxylation is 2. The highest BCUT2D eigenvalue weighted by Crippen LogP contribution is 2.16. The summed E-state index contributed by atoms with van der Waals surface area (Å²) in [6.07, 6.45) is 0. The van der Waals surface area contributed by atoms with Gasteiger partial charge in [0.05, 0.1) is 5.69 Å². The molecule has 0 saturated heterocycles. The molecule has 0 saturated carbocycles. The minimum atomic E-state index is -0.618. The highest BCUT2D eigenvalue weighted by atomic mass is 32.1. The summed E-state index contributed by atoms with van der Waals surface area (Å²) in [6.45, 7) is 7.62. The Kier molecular flexibility index (Phi) is 5.50. The fourth-order valence-corrected chi connectivity index (χ4v) is 2.75. The number of nitrogens with one attached hydrogen (secondary N) is 2. The lowest BCUT2D eigenvalue weighted by Gasteiger charge is -2.21. The van der Waals surface area contributed by atoms with Gasteiger partial charge in [-0.2, -0.15) is 0 Å². The molecule has 23 heavy (non-hydrogen) atoms. The Hall–Kier alpha value is -2.21. The van der Waals surface area contributed by atoms with Crippen LogP contribution >= 0.6 is 11.3 Å². The van der Waals surface area contributed by atoms with E-state index >= 15 is 0 Å². The standard InChI is InChI=1S/C17H21N3O2S/c1-10(2)14(16(22)20-17-18-12(4)9-23-17)19-15(21)13-7-5-11(3)6-8-13/h5-10,14H,1-4H3,(H,19,21)(H,18,20,22)/t14-/m1/s1. The number of rotatable bonds is 5. The van der Waals surface area contributed by atoms with Gasteiger partial charge in [0, 0.05) is 10.9 Å². The summed E-state index contributed by atoms with van der Waals surface area (Å²) in [5.74, 6) is -0.547. The van der Waals surface area contributed by atoms with Crippen molar-refractivity contribution < 1.29 is 9.59 Å². The lowest BCUT2D eigenvalue weighted by molar-refractivity contribution is -0.118. The van der Waals surface area contributed by atoms with Gasteiger partial charge in [0.2, 0.25) is 5.91 Å². The number of thiazole rings is 1. The first-order chi connectivity index (χ1) is 10.9. The van der Waals surface area contributed by atoms with Crippen LogP contribution in [0.4, 0.5) is 5.13 Å². The van der Waals surface area contributed by atoms with Gasteiger partial charge in [0.25, 0.3) is 5.91 Å². The summed E-state index contributed by atoms with van der Waals surface area (Å²) in [5.41, 5.74) is 2.48. The first-order valence-electron chi connectivity index (χ1n) is 7.47. The second-order valence-electron chi connectivity index (χ2n) is 5.84. The van der Waals surface area contributed by atoms with Gasteiger partial charge in [-0.15, -0.1) is 11.3 Å². The number of carbonyl (C=O) groups is 2. The Bertz CT molecular complexity index is 692. The summed E-state index contributed by atoms with van der Waals surface area (Å²) < 4.78 is 0. The third kappa shape index (κ3) is 4.63. The molecule has 6 heteroatoms. The Balaban J connectivity index is 2.07. The SMILES string of the molecule is Cc1ccc(C(=O)N[C@@H](C(=O)Nc2nc(C)cs2)C(C)C)cc1. The molecule has 0 fully saturated rings. The van der Waals surface area contributed by atoms with Crippen molar-refractivity contribution in [2.24, 2.45) is 5.92 Å². The van der Waals surface area contributed by atoms with Crippen molar-refractivity contribution in [3.05, 3.63) is 46.5 Å². The topological polar surface area (TPSA) is 71.1 Å². The third-order valence-corrected chi connectivity index (χ3v) is 4.27. The molecule has 0 bridgehead atoms. The van der Waals surface area contributed by atoms with E-state index in [1.54, 1.807) is 12.1 Å². The van der Waals surface area contributed by atoms with Gasteiger partial charge < -0.3 is 10.6 Å². The van der Waals surface area contributed by atoms with Crippen molar-refractivity contribution in [1.29, 1.82) is 0 Å². The average molecular weight is 331 g/mol. The van der Waals surface area contributed by atoms with E-state index in [-0.39, 0.29) is 17.7 Å². The van der Waals surface area contributed by atoms with Gasteiger partial charge >= 0.3 is 0 Å². The predicted molar refractivity (Wildman–Crippen MR) is 92.8 cm³/mol. The summed E-state index contributed by atoms with van der Waals surface area (Å²) in [4.78, 5) is 29.0. The second kappa shape index (κ2) is 7.37. The number of hydrogen-bond donors (Lipinski definition) is 2. The Labute approximate surface area is 140 Å². The van der Waals surface area contributed by atoms with E-state index in [4.69, 9.17) is 0 Å². The van der Waals surface area contributed by atoms with Crippen LogP contribution in [-0.2, 0) is 4.79 Å². The van der Waals surface area contributed by atoms with E-state index in [2.05, 4.69) is 15.6 Å². The maximum atomic E-state index is 12.4. The van der Waals surface area contributed by atoms with E-state index in [0.717, 1.165) is 11.3 Å². The van der Waals surface area contributed by atoms with Crippen LogP contribution in [0.2, 0.25) is 0 Å². The fraction of sp³-hybridized carbons (Fsp3) is 0.353. The minimum absolute atomic E-state index is 0.0366. The van der Waals surface area contributed by atoms with Crippen LogP contribution in [0.15, 0.2) is 29.6 Å². The predicted octanol–water partition coefficient (Wildman–Crippen LogP) is 3.15. The molecule has 2 aromatic rings. The first kappa shape index (κ1) is 17.1. The second-order valence-corrected chi connectivity index (χ2v) is 6.70. The smallest absolute Gasteiger partial charge is 0.251 e. The van der Waals surface area contributed by atoms with Crippen molar-refractivity contribution in [3.8, 4) is 0 Å². The highest BCUT2D eigenvalue weighted by molar-refractivity contribution is 7.13. The first-order valence-corrected chi connectivity index (χ1v) is 8.35. The van der Waals surface area contributed by atoms with Crippen LogP contribution in [0, 0.1) is 19.8 Å². The van der Waals surface area contributed by atoms with Crippen molar-refractivity contribution in [2.75, 3.05) is 5.32 Å². The lowest BCUT2D eigenvalue weighted by Crippen LogP contribution is -2.47. The molecule has 0 radical (unpaired) electrons. The van der Waals surface area contributed by atoms with E-state index in [1.807, 2.05) is 45.2 Å². The molecule has 2 amide bonds. The Morgan fingerprint density at radius 1 is 1.13 bits per heavy atom. The molecule has 1 heterocycles. The lowest BCUT2D eigenvalue weighted by atomic mass is 10.0. The van der Waals surface area contributed by atoms with Crippen LogP contribution in [0.1, 0.15) is 35.5 Å². The summed E-state index contributed by atoms with van der Waals surface area (Å²) in [6, 6.07) is 6.64. The van der Waals surface area contributed by atoms with E-state index in [0.29, 0.717) is 10.7 Å². The molecule has 0 unspecified atom stereocenters. The Morgan fingerprint density at radius 2 is 1.78 bits per heavy atom. The van der Waals surface area contributed by atoms with Crippen LogP contribution < -0.4 is 10.6 Å². The number of benzene rings is 1. The number of nitrogens with zero attached hydrogens (tertiary/aromatic N) is 1. The maximum absolute atomic E-state index is 12.4. The zero-order chi connectivity index (χ0) is 17.0. The summed E-state index contributed by atoms with van der Waals surface area (Å²) in [7, 11) is 0. The molecule has 1 aromatic carbocycles. The number of anilines is 1. The summed E-state index contributed by atoms with van der Waals surface area (Å²) >= 11 is 1.37. The number of carbonyl (C=O) groups excluding carboxylic acids is 2. The van der Waals surface area contributed by atoms with Crippen LogP contribution in [0.25, 0.3) is 0 Å². The number of hydrogen-bond acceptors (Lipinski definition) is 4. The molecule has 1 atom stereocenters. The highest BCUT2D eigenvalue weighted by Gasteiger charge is 2.25. The maximum Gasteiger partial charge on any atom is 0.251 e. The van der Waals surface area contributed by atoms with Crippen molar-refractivity contribution in [1.82, 2.24) is 10.3 Å². The van der Waals surface area contributed by atoms with E-state index < -0.39 is 6.04 Å². The Morgan fingerprint density at radius 3 is 2.30 bits per heavy atom. The normalized spacial score (nSPS) is 12.0. The zero-order valence-corrected chi connectivity index (χ0v) is 14.5. The molecule has 1 aromatic heterocycles.